The third-order valence-corrected chi connectivity index (χ3v) is 4.97. The standard InChI is InChI=1S/C25H26O5/c26-24-22(27-16-19-10-4-1-5-11-19)23(28-17-20-12-6-2-7-13-20)25(30-24)29-18-21-14-8-3-9-15-21/h1-15,22-26H,16-18H2/t22-,23+,24?,25-/m0/s1. The minimum atomic E-state index is -1.13. The van der Waals surface area contributed by atoms with Gasteiger partial charge in [0, 0.05) is 0 Å². The summed E-state index contributed by atoms with van der Waals surface area (Å²) in [6, 6.07) is 29.5. The van der Waals surface area contributed by atoms with Crippen LogP contribution in [-0.4, -0.2) is 29.9 Å². The van der Waals surface area contributed by atoms with Crippen LogP contribution in [0.1, 0.15) is 16.7 Å². The summed E-state index contributed by atoms with van der Waals surface area (Å²) >= 11 is 0. The molecule has 5 nitrogen and oxygen atoms in total. The monoisotopic (exact) mass is 406 g/mol. The summed E-state index contributed by atoms with van der Waals surface area (Å²) < 4.78 is 23.8. The predicted molar refractivity (Wildman–Crippen MR) is 112 cm³/mol. The maximum absolute atomic E-state index is 10.5. The van der Waals surface area contributed by atoms with E-state index in [2.05, 4.69) is 0 Å². The highest BCUT2D eigenvalue weighted by molar-refractivity contribution is 5.15. The number of hydrogen-bond donors (Lipinski definition) is 1. The molecule has 3 aromatic carbocycles. The zero-order chi connectivity index (χ0) is 20.6. The van der Waals surface area contributed by atoms with E-state index in [0.717, 1.165) is 16.7 Å². The van der Waals surface area contributed by atoms with Crippen molar-refractivity contribution in [1.29, 1.82) is 0 Å². The van der Waals surface area contributed by atoms with Gasteiger partial charge in [-0.05, 0) is 16.7 Å². The van der Waals surface area contributed by atoms with Gasteiger partial charge in [-0.2, -0.15) is 0 Å². The zero-order valence-corrected chi connectivity index (χ0v) is 16.7. The fourth-order valence-electron chi connectivity index (χ4n) is 3.38. The molecule has 1 saturated heterocycles. The van der Waals surface area contributed by atoms with Crippen LogP contribution in [0.25, 0.3) is 0 Å². The quantitative estimate of drug-likeness (QED) is 0.581. The van der Waals surface area contributed by atoms with Crippen LogP contribution in [-0.2, 0) is 38.8 Å². The van der Waals surface area contributed by atoms with E-state index in [9.17, 15) is 5.11 Å². The number of aliphatic hydroxyl groups is 1. The molecule has 4 rings (SSSR count). The molecular formula is C25H26O5. The normalized spacial score (nSPS) is 23.5. The fraction of sp³-hybridized carbons (Fsp3) is 0.280. The molecule has 0 aromatic heterocycles. The summed E-state index contributed by atoms with van der Waals surface area (Å²) in [7, 11) is 0. The molecular weight excluding hydrogens is 380 g/mol. The largest absolute Gasteiger partial charge is 0.366 e. The Morgan fingerprint density at radius 3 is 1.43 bits per heavy atom. The highest BCUT2D eigenvalue weighted by Gasteiger charge is 2.46. The molecule has 0 aliphatic carbocycles. The molecule has 0 saturated carbocycles. The summed E-state index contributed by atoms with van der Waals surface area (Å²) in [6.45, 7) is 1.08. The molecule has 3 aromatic rings. The second kappa shape index (κ2) is 10.5. The molecule has 1 aliphatic rings. The van der Waals surface area contributed by atoms with Crippen LogP contribution in [0.4, 0.5) is 0 Å². The first-order chi connectivity index (χ1) is 14.8. The molecule has 1 heterocycles. The molecule has 30 heavy (non-hydrogen) atoms. The Morgan fingerprint density at radius 2 is 0.967 bits per heavy atom. The van der Waals surface area contributed by atoms with Gasteiger partial charge in [0.1, 0.15) is 12.2 Å². The van der Waals surface area contributed by atoms with E-state index in [1.807, 2.05) is 91.0 Å². The summed E-state index contributed by atoms with van der Waals surface area (Å²) in [4.78, 5) is 0. The smallest absolute Gasteiger partial charge is 0.190 e. The molecule has 1 fully saturated rings. The first-order valence-electron chi connectivity index (χ1n) is 10.1. The minimum absolute atomic E-state index is 0.350. The summed E-state index contributed by atoms with van der Waals surface area (Å²) in [5, 5.41) is 10.5. The van der Waals surface area contributed by atoms with E-state index in [-0.39, 0.29) is 0 Å². The second-order valence-electron chi connectivity index (χ2n) is 7.21. The molecule has 156 valence electrons. The van der Waals surface area contributed by atoms with Crippen molar-refractivity contribution >= 4 is 0 Å². The Bertz CT molecular complexity index is 872. The van der Waals surface area contributed by atoms with Gasteiger partial charge >= 0.3 is 0 Å². The number of hydrogen-bond acceptors (Lipinski definition) is 5. The summed E-state index contributed by atoms with van der Waals surface area (Å²) in [6.07, 6.45) is -3.08. The molecule has 0 amide bonds. The molecule has 0 spiro atoms. The summed E-state index contributed by atoms with van der Waals surface area (Å²) in [5.41, 5.74) is 3.06. The first-order valence-corrected chi connectivity index (χ1v) is 10.1. The van der Waals surface area contributed by atoms with Crippen LogP contribution in [0.5, 0.6) is 0 Å². The number of benzene rings is 3. The van der Waals surface area contributed by atoms with E-state index in [4.69, 9.17) is 18.9 Å². The third-order valence-electron chi connectivity index (χ3n) is 4.97. The van der Waals surface area contributed by atoms with Gasteiger partial charge in [0.2, 0.25) is 0 Å². The van der Waals surface area contributed by atoms with Crippen LogP contribution in [0.3, 0.4) is 0 Å². The number of ether oxygens (including phenoxy) is 4. The van der Waals surface area contributed by atoms with Crippen molar-refractivity contribution < 1.29 is 24.1 Å². The Balaban J connectivity index is 1.43. The van der Waals surface area contributed by atoms with E-state index < -0.39 is 24.8 Å². The van der Waals surface area contributed by atoms with Gasteiger partial charge in [-0.3, -0.25) is 0 Å². The van der Waals surface area contributed by atoms with Gasteiger partial charge in [0.25, 0.3) is 0 Å². The summed E-state index contributed by atoms with van der Waals surface area (Å²) in [5.74, 6) is 0. The van der Waals surface area contributed by atoms with Crippen LogP contribution in [0, 0.1) is 0 Å². The lowest BCUT2D eigenvalue weighted by Gasteiger charge is -2.24. The van der Waals surface area contributed by atoms with Crippen molar-refractivity contribution in [3.63, 3.8) is 0 Å². The molecule has 4 atom stereocenters. The van der Waals surface area contributed by atoms with Gasteiger partial charge in [0.15, 0.2) is 12.6 Å². The van der Waals surface area contributed by atoms with Crippen molar-refractivity contribution in [3.8, 4) is 0 Å². The molecule has 1 N–H and O–H groups in total. The number of rotatable bonds is 9. The topological polar surface area (TPSA) is 57.2 Å². The predicted octanol–water partition coefficient (Wildman–Crippen LogP) is 4.05. The average molecular weight is 406 g/mol. The van der Waals surface area contributed by atoms with Crippen LogP contribution >= 0.6 is 0 Å². The van der Waals surface area contributed by atoms with E-state index >= 15 is 0 Å². The van der Waals surface area contributed by atoms with E-state index in [0.29, 0.717) is 19.8 Å². The maximum atomic E-state index is 10.5. The molecule has 0 bridgehead atoms. The van der Waals surface area contributed by atoms with Gasteiger partial charge in [-0.25, -0.2) is 0 Å². The minimum Gasteiger partial charge on any atom is -0.366 e. The Labute approximate surface area is 176 Å². The Morgan fingerprint density at radius 1 is 0.567 bits per heavy atom. The first kappa shape index (κ1) is 20.7. The molecule has 1 aliphatic heterocycles. The maximum Gasteiger partial charge on any atom is 0.190 e. The van der Waals surface area contributed by atoms with Crippen molar-refractivity contribution in [3.05, 3.63) is 108 Å². The van der Waals surface area contributed by atoms with Gasteiger partial charge in [0.05, 0.1) is 19.8 Å². The van der Waals surface area contributed by atoms with Crippen molar-refractivity contribution in [2.24, 2.45) is 0 Å². The number of aliphatic hydroxyl groups excluding tert-OH is 1. The van der Waals surface area contributed by atoms with Crippen LogP contribution in [0.15, 0.2) is 91.0 Å². The second-order valence-corrected chi connectivity index (χ2v) is 7.21. The Kier molecular flexibility index (Phi) is 7.24. The highest BCUT2D eigenvalue weighted by Crippen LogP contribution is 2.28. The van der Waals surface area contributed by atoms with Crippen molar-refractivity contribution in [2.75, 3.05) is 0 Å². The van der Waals surface area contributed by atoms with Gasteiger partial charge in [-0.15, -0.1) is 0 Å². The third kappa shape index (κ3) is 5.53. The van der Waals surface area contributed by atoms with Crippen LogP contribution < -0.4 is 0 Å². The highest BCUT2D eigenvalue weighted by atomic mass is 16.8. The lowest BCUT2D eigenvalue weighted by Crippen LogP contribution is -2.38. The fourth-order valence-corrected chi connectivity index (χ4v) is 3.38. The van der Waals surface area contributed by atoms with Crippen molar-refractivity contribution in [1.82, 2.24) is 0 Å². The van der Waals surface area contributed by atoms with Crippen molar-refractivity contribution in [2.45, 2.75) is 44.6 Å². The molecule has 5 heteroatoms. The van der Waals surface area contributed by atoms with Crippen LogP contribution in [0.2, 0.25) is 0 Å². The zero-order valence-electron chi connectivity index (χ0n) is 16.7. The lowest BCUT2D eigenvalue weighted by molar-refractivity contribution is -0.215. The van der Waals surface area contributed by atoms with Gasteiger partial charge < -0.3 is 24.1 Å². The average Bonchev–Trinajstić information content (AvgIpc) is 3.11. The van der Waals surface area contributed by atoms with E-state index in [1.165, 1.54) is 0 Å². The van der Waals surface area contributed by atoms with E-state index in [1.54, 1.807) is 0 Å². The lowest BCUT2D eigenvalue weighted by atomic mass is 10.2. The molecule has 0 radical (unpaired) electrons. The van der Waals surface area contributed by atoms with Gasteiger partial charge in [-0.1, -0.05) is 91.0 Å². The molecule has 1 unspecified atom stereocenters. The Hall–Kier alpha value is -2.54. The SMILES string of the molecule is OC1O[C@H](OCc2ccccc2)[C@H](OCc2ccccc2)[C@@H]1OCc1ccccc1.